The third-order valence-electron chi connectivity index (χ3n) is 4.20. The van der Waals surface area contributed by atoms with E-state index in [1.807, 2.05) is 0 Å². The van der Waals surface area contributed by atoms with Crippen LogP contribution in [0.1, 0.15) is 55.4 Å². The summed E-state index contributed by atoms with van der Waals surface area (Å²) in [7, 11) is 0. The lowest BCUT2D eigenvalue weighted by molar-refractivity contribution is 0.741. The quantitative estimate of drug-likeness (QED) is 0.883. The average Bonchev–Trinajstić information content (AvgIpc) is 3.01. The summed E-state index contributed by atoms with van der Waals surface area (Å²) in [5.41, 5.74) is 2.69. The van der Waals surface area contributed by atoms with E-state index in [0.717, 1.165) is 37.4 Å². The Hall–Kier alpha value is -0.420. The molecule has 1 aliphatic heterocycles. The van der Waals surface area contributed by atoms with Gasteiger partial charge < -0.3 is 5.32 Å². The van der Waals surface area contributed by atoms with Gasteiger partial charge >= 0.3 is 0 Å². The van der Waals surface area contributed by atoms with E-state index < -0.39 is 0 Å². The average molecular weight is 324 g/mol. The molecule has 1 fully saturated rings. The zero-order valence-corrected chi connectivity index (χ0v) is 14.7. The number of hydrogen-bond acceptors (Lipinski definition) is 5. The minimum atomic E-state index is 0.474. The number of anilines is 1. The van der Waals surface area contributed by atoms with Crippen molar-refractivity contribution in [2.45, 2.75) is 56.5 Å². The Kier molecular flexibility index (Phi) is 5.33. The standard InChI is InChI=1S/C16H25N3S2/c1-3-8-17-15-11-6-5-7-12(11)18-16(19-15)14-13(4-2)20-9-10-21-14/h13-14H,3-10H2,1-2H3,(H,17,18,19). The molecule has 2 aliphatic rings. The largest absolute Gasteiger partial charge is 0.370 e. The Bertz CT molecular complexity index is 493. The van der Waals surface area contributed by atoms with Crippen molar-refractivity contribution in [3.05, 3.63) is 17.1 Å². The smallest absolute Gasteiger partial charge is 0.145 e. The van der Waals surface area contributed by atoms with Gasteiger partial charge in [0.05, 0.1) is 5.25 Å². The molecule has 116 valence electrons. The van der Waals surface area contributed by atoms with Crippen molar-refractivity contribution >= 4 is 29.3 Å². The summed E-state index contributed by atoms with van der Waals surface area (Å²) < 4.78 is 0. The second-order valence-corrected chi connectivity index (χ2v) is 8.34. The number of nitrogens with zero attached hydrogens (tertiary/aromatic N) is 2. The van der Waals surface area contributed by atoms with Crippen LogP contribution in [0.4, 0.5) is 5.82 Å². The second-order valence-electron chi connectivity index (χ2n) is 5.74. The first kappa shape index (κ1) is 15.5. The minimum Gasteiger partial charge on any atom is -0.370 e. The summed E-state index contributed by atoms with van der Waals surface area (Å²) in [5.74, 6) is 4.70. The normalized spacial score (nSPS) is 24.9. The lowest BCUT2D eigenvalue weighted by atomic mass is 10.2. The topological polar surface area (TPSA) is 37.8 Å². The van der Waals surface area contributed by atoms with E-state index in [4.69, 9.17) is 9.97 Å². The monoisotopic (exact) mass is 323 g/mol. The highest BCUT2D eigenvalue weighted by Crippen LogP contribution is 2.43. The molecule has 0 spiro atoms. The van der Waals surface area contributed by atoms with Crippen LogP contribution >= 0.6 is 23.5 Å². The highest BCUT2D eigenvalue weighted by molar-refractivity contribution is 8.06. The van der Waals surface area contributed by atoms with Gasteiger partial charge in [0.1, 0.15) is 11.6 Å². The zero-order valence-electron chi connectivity index (χ0n) is 13.0. The van der Waals surface area contributed by atoms with Gasteiger partial charge in [-0.05, 0) is 32.1 Å². The van der Waals surface area contributed by atoms with Crippen LogP contribution in [0, 0.1) is 0 Å². The van der Waals surface area contributed by atoms with Crippen molar-refractivity contribution in [3.63, 3.8) is 0 Å². The maximum Gasteiger partial charge on any atom is 0.145 e. The number of rotatable bonds is 5. The highest BCUT2D eigenvalue weighted by atomic mass is 32.2. The van der Waals surface area contributed by atoms with E-state index in [9.17, 15) is 0 Å². The van der Waals surface area contributed by atoms with Crippen molar-refractivity contribution in [2.75, 3.05) is 23.4 Å². The molecule has 3 nitrogen and oxygen atoms in total. The number of aromatic nitrogens is 2. The maximum atomic E-state index is 4.96. The molecule has 1 aromatic heterocycles. The second kappa shape index (κ2) is 7.23. The first-order valence-corrected chi connectivity index (χ1v) is 10.3. The zero-order chi connectivity index (χ0) is 14.7. The number of fused-ring (bicyclic) bond motifs is 1. The SMILES string of the molecule is CCCNc1nc(C2SCCSC2CC)nc2c1CCC2. The van der Waals surface area contributed by atoms with Crippen LogP contribution in [-0.2, 0) is 12.8 Å². The summed E-state index contributed by atoms with van der Waals surface area (Å²) in [4.78, 5) is 9.91. The molecule has 3 rings (SSSR count). The first-order chi connectivity index (χ1) is 10.3. The van der Waals surface area contributed by atoms with E-state index in [-0.39, 0.29) is 0 Å². The lowest BCUT2D eigenvalue weighted by Gasteiger charge is -2.29. The number of aryl methyl sites for hydroxylation is 1. The van der Waals surface area contributed by atoms with Crippen LogP contribution in [-0.4, -0.2) is 33.3 Å². The number of thioether (sulfide) groups is 2. The molecular weight excluding hydrogens is 298 g/mol. The summed E-state index contributed by atoms with van der Waals surface area (Å²) in [6.07, 6.45) is 5.86. The van der Waals surface area contributed by atoms with Gasteiger partial charge in [-0.25, -0.2) is 9.97 Å². The van der Waals surface area contributed by atoms with Gasteiger partial charge in [-0.1, -0.05) is 13.8 Å². The molecule has 21 heavy (non-hydrogen) atoms. The van der Waals surface area contributed by atoms with Gasteiger partial charge in [0.2, 0.25) is 0 Å². The Morgan fingerprint density at radius 3 is 2.81 bits per heavy atom. The first-order valence-electron chi connectivity index (χ1n) is 8.20. The molecule has 1 aromatic rings. The van der Waals surface area contributed by atoms with Gasteiger partial charge in [0, 0.05) is 34.6 Å². The lowest BCUT2D eigenvalue weighted by Crippen LogP contribution is -2.21. The number of hydrogen-bond donors (Lipinski definition) is 1. The molecule has 2 unspecified atom stereocenters. The van der Waals surface area contributed by atoms with Gasteiger partial charge in [-0.2, -0.15) is 11.8 Å². The Morgan fingerprint density at radius 2 is 2.00 bits per heavy atom. The molecule has 0 saturated carbocycles. The van der Waals surface area contributed by atoms with Gasteiger partial charge in [0.25, 0.3) is 0 Å². The molecule has 5 heteroatoms. The predicted molar refractivity (Wildman–Crippen MR) is 94.6 cm³/mol. The van der Waals surface area contributed by atoms with Crippen molar-refractivity contribution < 1.29 is 0 Å². The molecule has 0 aromatic carbocycles. The number of nitrogens with one attached hydrogen (secondary N) is 1. The van der Waals surface area contributed by atoms with Crippen molar-refractivity contribution in [1.29, 1.82) is 0 Å². The van der Waals surface area contributed by atoms with Crippen LogP contribution in [0.3, 0.4) is 0 Å². The molecule has 2 atom stereocenters. The van der Waals surface area contributed by atoms with Crippen LogP contribution in [0.2, 0.25) is 0 Å². The third kappa shape index (κ3) is 3.34. The fourth-order valence-electron chi connectivity index (χ4n) is 3.11. The van der Waals surface area contributed by atoms with Crippen LogP contribution in [0.15, 0.2) is 0 Å². The Labute approximate surface area is 136 Å². The van der Waals surface area contributed by atoms with Crippen LogP contribution in [0.25, 0.3) is 0 Å². The van der Waals surface area contributed by atoms with E-state index in [1.165, 1.54) is 35.6 Å². The minimum absolute atomic E-state index is 0.474. The van der Waals surface area contributed by atoms with Gasteiger partial charge in [-0.15, -0.1) is 11.8 Å². The van der Waals surface area contributed by atoms with E-state index in [2.05, 4.69) is 42.7 Å². The summed E-state index contributed by atoms with van der Waals surface area (Å²) in [5, 5.41) is 4.68. The van der Waals surface area contributed by atoms with Crippen LogP contribution in [0.5, 0.6) is 0 Å². The molecule has 0 radical (unpaired) electrons. The van der Waals surface area contributed by atoms with Gasteiger partial charge in [0.15, 0.2) is 0 Å². The summed E-state index contributed by atoms with van der Waals surface area (Å²) in [6.45, 7) is 5.50. The Morgan fingerprint density at radius 1 is 1.14 bits per heavy atom. The van der Waals surface area contributed by atoms with Crippen molar-refractivity contribution in [3.8, 4) is 0 Å². The fraction of sp³-hybridized carbons (Fsp3) is 0.750. The molecule has 1 saturated heterocycles. The fourth-order valence-corrected chi connectivity index (χ4v) is 6.10. The molecule has 2 heterocycles. The summed E-state index contributed by atoms with van der Waals surface area (Å²) >= 11 is 4.16. The van der Waals surface area contributed by atoms with E-state index >= 15 is 0 Å². The summed E-state index contributed by atoms with van der Waals surface area (Å²) in [6, 6.07) is 0. The van der Waals surface area contributed by atoms with E-state index in [1.54, 1.807) is 0 Å². The molecule has 0 bridgehead atoms. The van der Waals surface area contributed by atoms with Crippen molar-refractivity contribution in [1.82, 2.24) is 9.97 Å². The highest BCUT2D eigenvalue weighted by Gasteiger charge is 2.30. The molecule has 0 amide bonds. The molecule has 1 N–H and O–H groups in total. The van der Waals surface area contributed by atoms with Crippen molar-refractivity contribution in [2.24, 2.45) is 0 Å². The maximum absolute atomic E-state index is 4.96. The Balaban J connectivity index is 1.91. The molecular formula is C16H25N3S2. The third-order valence-corrected chi connectivity index (χ3v) is 7.44. The predicted octanol–water partition coefficient (Wildman–Crippen LogP) is 4.09. The van der Waals surface area contributed by atoms with Crippen LogP contribution < -0.4 is 5.32 Å². The van der Waals surface area contributed by atoms with Gasteiger partial charge in [-0.3, -0.25) is 0 Å². The van der Waals surface area contributed by atoms with E-state index in [0.29, 0.717) is 10.5 Å². The molecule has 1 aliphatic carbocycles.